The number of aromatic nitrogens is 3. The number of thioether (sulfide) groups is 1. The van der Waals surface area contributed by atoms with E-state index in [1.165, 1.54) is 17.4 Å². The molecule has 1 unspecified atom stereocenters. The van der Waals surface area contributed by atoms with Gasteiger partial charge >= 0.3 is 0 Å². The Kier molecular flexibility index (Phi) is 6.42. The molecule has 0 bridgehead atoms. The Morgan fingerprint density at radius 3 is 2.44 bits per heavy atom. The number of rotatable bonds is 9. The average Bonchev–Trinajstić information content (AvgIpc) is 3.41. The maximum Gasteiger partial charge on any atom is 0.233 e. The van der Waals surface area contributed by atoms with Crippen molar-refractivity contribution in [3.8, 4) is 11.4 Å². The molecule has 7 heteroatoms. The molecule has 3 rings (SSSR count). The summed E-state index contributed by atoms with van der Waals surface area (Å²) in [6, 6.07) is 8.85. The van der Waals surface area contributed by atoms with Gasteiger partial charge in [0.25, 0.3) is 0 Å². The Hall–Kier alpha value is -2.02. The molecule has 1 aliphatic carbocycles. The van der Waals surface area contributed by atoms with E-state index < -0.39 is 0 Å². The van der Waals surface area contributed by atoms with Crippen LogP contribution in [0.15, 0.2) is 29.4 Å². The largest absolute Gasteiger partial charge is 0.372 e. The Bertz CT molecular complexity index is 765. The van der Waals surface area contributed by atoms with Crippen LogP contribution in [0.3, 0.4) is 0 Å². The third-order valence-electron chi connectivity index (χ3n) is 4.86. The molecule has 1 N–H and O–H groups in total. The van der Waals surface area contributed by atoms with Crippen molar-refractivity contribution >= 4 is 23.4 Å². The van der Waals surface area contributed by atoms with Gasteiger partial charge in [0.2, 0.25) is 5.91 Å². The second-order valence-electron chi connectivity index (χ2n) is 6.81. The quantitative estimate of drug-likeness (QED) is 0.667. The lowest BCUT2D eigenvalue weighted by Crippen LogP contribution is -2.32. The predicted octanol–water partition coefficient (Wildman–Crippen LogP) is 3.57. The second-order valence-corrected chi connectivity index (χ2v) is 8.12. The standard InChI is InChI=1S/C20H29N5OS/c1-5-24(6-2)17-12-8-15(9-13-17)18-22-23-20(25(18)7-3)27-14(4)19(26)21-16-10-11-16/h8-9,12-14,16H,5-7,10-11H2,1-4H3,(H,21,26). The van der Waals surface area contributed by atoms with E-state index in [2.05, 4.69) is 70.0 Å². The molecule has 1 heterocycles. The molecule has 0 radical (unpaired) electrons. The van der Waals surface area contributed by atoms with Crippen molar-refractivity contribution in [1.82, 2.24) is 20.1 Å². The number of nitrogens with zero attached hydrogens (tertiary/aromatic N) is 4. The summed E-state index contributed by atoms with van der Waals surface area (Å²) in [6.45, 7) is 11.1. The van der Waals surface area contributed by atoms with Gasteiger partial charge in [-0.25, -0.2) is 0 Å². The summed E-state index contributed by atoms with van der Waals surface area (Å²) >= 11 is 1.47. The van der Waals surface area contributed by atoms with Crippen LogP contribution in [0.1, 0.15) is 40.5 Å². The van der Waals surface area contributed by atoms with Gasteiger partial charge in [0, 0.05) is 36.9 Å². The molecule has 1 amide bonds. The Morgan fingerprint density at radius 2 is 1.89 bits per heavy atom. The summed E-state index contributed by atoms with van der Waals surface area (Å²) in [5.41, 5.74) is 2.26. The van der Waals surface area contributed by atoms with E-state index in [0.717, 1.165) is 49.0 Å². The van der Waals surface area contributed by atoms with Gasteiger partial charge in [0.15, 0.2) is 11.0 Å². The average molecular weight is 388 g/mol. The topological polar surface area (TPSA) is 63.1 Å². The summed E-state index contributed by atoms with van der Waals surface area (Å²) < 4.78 is 2.08. The first-order chi connectivity index (χ1) is 13.1. The molecule has 1 atom stereocenters. The van der Waals surface area contributed by atoms with Crippen LogP contribution < -0.4 is 10.2 Å². The van der Waals surface area contributed by atoms with E-state index >= 15 is 0 Å². The highest BCUT2D eigenvalue weighted by molar-refractivity contribution is 8.00. The third-order valence-corrected chi connectivity index (χ3v) is 5.94. The number of amides is 1. The van der Waals surface area contributed by atoms with Crippen molar-refractivity contribution in [2.45, 2.75) is 63.5 Å². The number of hydrogen-bond acceptors (Lipinski definition) is 5. The van der Waals surface area contributed by atoms with Crippen molar-refractivity contribution in [3.05, 3.63) is 24.3 Å². The van der Waals surface area contributed by atoms with Crippen molar-refractivity contribution in [3.63, 3.8) is 0 Å². The molecule has 0 spiro atoms. The predicted molar refractivity (Wildman–Crippen MR) is 111 cm³/mol. The first-order valence-corrected chi connectivity index (χ1v) is 10.7. The second kappa shape index (κ2) is 8.78. The number of carbonyl (C=O) groups is 1. The van der Waals surface area contributed by atoms with Crippen LogP contribution >= 0.6 is 11.8 Å². The van der Waals surface area contributed by atoms with Gasteiger partial charge in [0.05, 0.1) is 5.25 Å². The van der Waals surface area contributed by atoms with Crippen LogP contribution in [0.25, 0.3) is 11.4 Å². The highest BCUT2D eigenvalue weighted by Crippen LogP contribution is 2.29. The lowest BCUT2D eigenvalue weighted by molar-refractivity contribution is -0.120. The van der Waals surface area contributed by atoms with E-state index in [4.69, 9.17) is 0 Å². The minimum atomic E-state index is -0.182. The summed E-state index contributed by atoms with van der Waals surface area (Å²) in [6.07, 6.45) is 2.20. The lowest BCUT2D eigenvalue weighted by atomic mass is 10.2. The summed E-state index contributed by atoms with van der Waals surface area (Å²) in [4.78, 5) is 14.6. The van der Waals surface area contributed by atoms with Crippen molar-refractivity contribution in [1.29, 1.82) is 0 Å². The molecule has 146 valence electrons. The first kappa shape index (κ1) is 19.7. The molecule has 1 saturated carbocycles. The fourth-order valence-electron chi connectivity index (χ4n) is 3.04. The van der Waals surface area contributed by atoms with Gasteiger partial charge in [-0.3, -0.25) is 4.79 Å². The van der Waals surface area contributed by atoms with Crippen LogP contribution in [0, 0.1) is 0 Å². The monoisotopic (exact) mass is 387 g/mol. The van der Waals surface area contributed by atoms with Gasteiger partial charge in [-0.05, 0) is 64.8 Å². The molecule has 0 saturated heterocycles. The minimum Gasteiger partial charge on any atom is -0.372 e. The molecule has 1 aromatic heterocycles. The molecule has 2 aromatic rings. The van der Waals surface area contributed by atoms with Gasteiger partial charge in [-0.2, -0.15) is 0 Å². The van der Waals surface area contributed by atoms with Crippen molar-refractivity contribution in [2.75, 3.05) is 18.0 Å². The number of nitrogens with one attached hydrogen (secondary N) is 1. The van der Waals surface area contributed by atoms with Crippen LogP contribution in [0.2, 0.25) is 0 Å². The Labute approximate surface area is 165 Å². The number of anilines is 1. The van der Waals surface area contributed by atoms with E-state index in [-0.39, 0.29) is 11.2 Å². The number of benzene rings is 1. The van der Waals surface area contributed by atoms with Crippen LogP contribution in [0.4, 0.5) is 5.69 Å². The fourth-order valence-corrected chi connectivity index (χ4v) is 3.96. The molecular formula is C20H29N5OS. The minimum absolute atomic E-state index is 0.0817. The first-order valence-electron chi connectivity index (χ1n) is 9.82. The highest BCUT2D eigenvalue weighted by Gasteiger charge is 2.27. The van der Waals surface area contributed by atoms with Crippen LogP contribution in [0.5, 0.6) is 0 Å². The molecular weight excluding hydrogens is 358 g/mol. The Balaban J connectivity index is 1.75. The van der Waals surface area contributed by atoms with E-state index in [9.17, 15) is 4.79 Å². The summed E-state index contributed by atoms with van der Waals surface area (Å²) in [5.74, 6) is 0.930. The molecule has 0 aliphatic heterocycles. The number of hydrogen-bond donors (Lipinski definition) is 1. The Morgan fingerprint density at radius 1 is 1.22 bits per heavy atom. The zero-order valence-corrected chi connectivity index (χ0v) is 17.4. The van der Waals surface area contributed by atoms with E-state index in [1.54, 1.807) is 0 Å². The number of carbonyl (C=O) groups excluding carboxylic acids is 1. The van der Waals surface area contributed by atoms with Gasteiger partial charge in [-0.15, -0.1) is 10.2 Å². The molecule has 1 fully saturated rings. The van der Waals surface area contributed by atoms with Crippen LogP contribution in [-0.4, -0.2) is 45.1 Å². The third kappa shape index (κ3) is 4.64. The smallest absolute Gasteiger partial charge is 0.233 e. The molecule has 6 nitrogen and oxygen atoms in total. The fraction of sp³-hybridized carbons (Fsp3) is 0.550. The van der Waals surface area contributed by atoms with Gasteiger partial charge < -0.3 is 14.8 Å². The van der Waals surface area contributed by atoms with Gasteiger partial charge in [-0.1, -0.05) is 11.8 Å². The molecule has 27 heavy (non-hydrogen) atoms. The van der Waals surface area contributed by atoms with E-state index in [1.807, 2.05) is 6.92 Å². The lowest BCUT2D eigenvalue weighted by Gasteiger charge is -2.21. The maximum absolute atomic E-state index is 12.2. The molecule has 1 aromatic carbocycles. The van der Waals surface area contributed by atoms with Crippen LogP contribution in [-0.2, 0) is 11.3 Å². The van der Waals surface area contributed by atoms with Crippen molar-refractivity contribution < 1.29 is 4.79 Å². The van der Waals surface area contributed by atoms with E-state index in [0.29, 0.717) is 6.04 Å². The van der Waals surface area contributed by atoms with Crippen molar-refractivity contribution in [2.24, 2.45) is 0 Å². The molecule has 1 aliphatic rings. The maximum atomic E-state index is 12.2. The summed E-state index contributed by atoms with van der Waals surface area (Å²) in [5, 5.41) is 12.4. The zero-order chi connectivity index (χ0) is 19.4. The highest BCUT2D eigenvalue weighted by atomic mass is 32.2. The summed E-state index contributed by atoms with van der Waals surface area (Å²) in [7, 11) is 0. The van der Waals surface area contributed by atoms with Gasteiger partial charge in [0.1, 0.15) is 0 Å². The zero-order valence-electron chi connectivity index (χ0n) is 16.6. The normalized spacial score (nSPS) is 14.8. The SMILES string of the molecule is CCN(CC)c1ccc(-c2nnc(SC(C)C(=O)NC3CC3)n2CC)cc1.